The van der Waals surface area contributed by atoms with Gasteiger partial charge in [0.15, 0.2) is 0 Å². The highest BCUT2D eigenvalue weighted by Gasteiger charge is 2.10. The summed E-state index contributed by atoms with van der Waals surface area (Å²) in [6, 6.07) is 5.06. The second-order valence-electron chi connectivity index (χ2n) is 3.70. The van der Waals surface area contributed by atoms with Crippen LogP contribution >= 0.6 is 23.8 Å². The lowest BCUT2D eigenvalue weighted by molar-refractivity contribution is -0.118. The molecule has 3 nitrogen and oxygen atoms in total. The van der Waals surface area contributed by atoms with Gasteiger partial charge in [0.05, 0.1) is 10.7 Å². The molecule has 0 saturated heterocycles. The highest BCUT2D eigenvalue weighted by atomic mass is 35.5. The highest BCUT2D eigenvalue weighted by molar-refractivity contribution is 7.80. The Morgan fingerprint density at radius 1 is 1.50 bits per heavy atom. The molecule has 5 heteroatoms. The van der Waals surface area contributed by atoms with Crippen LogP contribution in [0, 0.1) is 5.92 Å². The number of nitrogens with one attached hydrogen (secondary N) is 1. The zero-order valence-electron chi connectivity index (χ0n) is 9.08. The largest absolute Gasteiger partial charge is 0.389 e. The number of halogens is 1. The zero-order chi connectivity index (χ0) is 12.3. The Labute approximate surface area is 105 Å². The van der Waals surface area contributed by atoms with Crippen molar-refractivity contribution < 1.29 is 4.79 Å². The van der Waals surface area contributed by atoms with Gasteiger partial charge in [-0.15, -0.1) is 0 Å². The predicted molar refractivity (Wildman–Crippen MR) is 70.8 cm³/mol. The average Bonchev–Trinajstić information content (AvgIpc) is 2.20. The van der Waals surface area contributed by atoms with Gasteiger partial charge in [0.2, 0.25) is 5.91 Å². The minimum atomic E-state index is -0.0914. The molecule has 0 spiro atoms. The molecule has 0 aliphatic carbocycles. The molecule has 0 aliphatic rings. The summed E-state index contributed by atoms with van der Waals surface area (Å²) in [5.74, 6) is -0.170. The Bertz CT molecular complexity index is 432. The standard InChI is InChI=1S/C11H13ClN2OS/c1-6(2)11(15)14-9-4-3-7(10(13)16)5-8(9)12/h3-6H,1-2H3,(H2,13,16)(H,14,15). The van der Waals surface area contributed by atoms with Crippen LogP contribution in [0.4, 0.5) is 5.69 Å². The molecule has 1 aromatic carbocycles. The van der Waals surface area contributed by atoms with E-state index in [2.05, 4.69) is 5.32 Å². The molecule has 0 aromatic heterocycles. The maximum absolute atomic E-state index is 11.5. The number of benzene rings is 1. The van der Waals surface area contributed by atoms with Crippen molar-refractivity contribution in [2.24, 2.45) is 11.7 Å². The molecule has 0 heterocycles. The summed E-state index contributed by atoms with van der Waals surface area (Å²) >= 11 is 10.8. The van der Waals surface area contributed by atoms with Crippen LogP contribution in [0.5, 0.6) is 0 Å². The Kier molecular flexibility index (Phi) is 4.26. The van der Waals surface area contributed by atoms with Crippen molar-refractivity contribution in [1.29, 1.82) is 0 Å². The first-order valence-corrected chi connectivity index (χ1v) is 5.60. The lowest BCUT2D eigenvalue weighted by Crippen LogP contribution is -2.18. The van der Waals surface area contributed by atoms with Crippen LogP contribution in [-0.4, -0.2) is 10.9 Å². The molecule has 1 amide bonds. The summed E-state index contributed by atoms with van der Waals surface area (Å²) in [5.41, 5.74) is 6.72. The van der Waals surface area contributed by atoms with E-state index in [1.54, 1.807) is 18.2 Å². The molecule has 0 fully saturated rings. The van der Waals surface area contributed by atoms with Gasteiger partial charge in [-0.05, 0) is 18.2 Å². The maximum atomic E-state index is 11.5. The van der Waals surface area contributed by atoms with Gasteiger partial charge in [0.25, 0.3) is 0 Å². The number of thiocarbonyl (C=S) groups is 1. The van der Waals surface area contributed by atoms with E-state index in [0.29, 0.717) is 16.3 Å². The monoisotopic (exact) mass is 256 g/mol. The van der Waals surface area contributed by atoms with Crippen molar-refractivity contribution in [3.8, 4) is 0 Å². The molecule has 0 unspecified atom stereocenters. The number of carbonyl (C=O) groups excluding carboxylic acids is 1. The molecular formula is C11H13ClN2OS. The molecule has 3 N–H and O–H groups in total. The normalized spacial score (nSPS) is 10.2. The number of anilines is 1. The predicted octanol–water partition coefficient (Wildman–Crippen LogP) is 2.57. The van der Waals surface area contributed by atoms with Crippen molar-refractivity contribution in [3.05, 3.63) is 28.8 Å². The third kappa shape index (κ3) is 3.18. The summed E-state index contributed by atoms with van der Waals surface area (Å²) in [6.45, 7) is 3.62. The third-order valence-electron chi connectivity index (χ3n) is 2.04. The first kappa shape index (κ1) is 12.9. The first-order valence-electron chi connectivity index (χ1n) is 4.82. The fourth-order valence-corrected chi connectivity index (χ4v) is 1.40. The van der Waals surface area contributed by atoms with Crippen LogP contribution < -0.4 is 11.1 Å². The fraction of sp³-hybridized carbons (Fsp3) is 0.273. The Morgan fingerprint density at radius 2 is 2.12 bits per heavy atom. The average molecular weight is 257 g/mol. The van der Waals surface area contributed by atoms with Crippen molar-refractivity contribution in [3.63, 3.8) is 0 Å². The van der Waals surface area contributed by atoms with Gasteiger partial charge >= 0.3 is 0 Å². The van der Waals surface area contributed by atoms with Gasteiger partial charge in [-0.2, -0.15) is 0 Å². The van der Waals surface area contributed by atoms with Gasteiger partial charge in [-0.25, -0.2) is 0 Å². The topological polar surface area (TPSA) is 55.1 Å². The quantitative estimate of drug-likeness (QED) is 0.818. The molecule has 16 heavy (non-hydrogen) atoms. The van der Waals surface area contributed by atoms with Gasteiger partial charge in [-0.3, -0.25) is 4.79 Å². The van der Waals surface area contributed by atoms with Crippen molar-refractivity contribution in [2.75, 3.05) is 5.32 Å². The van der Waals surface area contributed by atoms with Crippen LogP contribution in [0.3, 0.4) is 0 Å². The summed E-state index contributed by atoms with van der Waals surface area (Å²) in [6.07, 6.45) is 0. The second-order valence-corrected chi connectivity index (χ2v) is 4.55. The zero-order valence-corrected chi connectivity index (χ0v) is 10.7. The number of hydrogen-bond acceptors (Lipinski definition) is 2. The van der Waals surface area contributed by atoms with Gasteiger partial charge < -0.3 is 11.1 Å². The van der Waals surface area contributed by atoms with Gasteiger partial charge in [-0.1, -0.05) is 37.7 Å². The number of rotatable bonds is 3. The van der Waals surface area contributed by atoms with Crippen LogP contribution in [0.1, 0.15) is 19.4 Å². The van der Waals surface area contributed by atoms with Crippen LogP contribution in [-0.2, 0) is 4.79 Å². The number of amides is 1. The molecule has 0 aliphatic heterocycles. The van der Waals surface area contributed by atoms with E-state index in [4.69, 9.17) is 29.6 Å². The lowest BCUT2D eigenvalue weighted by atomic mass is 10.1. The van der Waals surface area contributed by atoms with E-state index < -0.39 is 0 Å². The van der Waals surface area contributed by atoms with E-state index in [1.165, 1.54) is 0 Å². The second kappa shape index (κ2) is 5.27. The molecule has 1 rings (SSSR count). The van der Waals surface area contributed by atoms with E-state index in [0.717, 1.165) is 0 Å². The molecule has 0 bridgehead atoms. The van der Waals surface area contributed by atoms with Crippen LogP contribution in [0.2, 0.25) is 5.02 Å². The summed E-state index contributed by atoms with van der Waals surface area (Å²) in [7, 11) is 0. The molecular weight excluding hydrogens is 244 g/mol. The van der Waals surface area contributed by atoms with Crippen molar-refractivity contribution >= 4 is 40.4 Å². The van der Waals surface area contributed by atoms with Gasteiger partial charge in [0, 0.05) is 11.5 Å². The van der Waals surface area contributed by atoms with E-state index in [9.17, 15) is 4.79 Å². The lowest BCUT2D eigenvalue weighted by Gasteiger charge is -2.10. The third-order valence-corrected chi connectivity index (χ3v) is 2.58. The fourth-order valence-electron chi connectivity index (χ4n) is 1.05. The first-order chi connectivity index (χ1) is 7.41. The Morgan fingerprint density at radius 3 is 2.56 bits per heavy atom. The molecule has 0 atom stereocenters. The maximum Gasteiger partial charge on any atom is 0.226 e. The Balaban J connectivity index is 2.91. The highest BCUT2D eigenvalue weighted by Crippen LogP contribution is 2.23. The minimum absolute atomic E-state index is 0.0787. The van der Waals surface area contributed by atoms with Crippen molar-refractivity contribution in [1.82, 2.24) is 0 Å². The summed E-state index contributed by atoms with van der Waals surface area (Å²) in [4.78, 5) is 11.7. The molecule has 0 saturated carbocycles. The number of carbonyl (C=O) groups is 1. The molecule has 86 valence electrons. The summed E-state index contributed by atoms with van der Waals surface area (Å²) in [5, 5.41) is 3.15. The molecule has 1 aromatic rings. The number of hydrogen-bond donors (Lipinski definition) is 2. The van der Waals surface area contributed by atoms with E-state index in [-0.39, 0.29) is 16.8 Å². The van der Waals surface area contributed by atoms with Gasteiger partial charge in [0.1, 0.15) is 4.99 Å². The van der Waals surface area contributed by atoms with E-state index in [1.807, 2.05) is 13.8 Å². The van der Waals surface area contributed by atoms with Crippen LogP contribution in [0.15, 0.2) is 18.2 Å². The molecule has 0 radical (unpaired) electrons. The minimum Gasteiger partial charge on any atom is -0.389 e. The summed E-state index contributed by atoms with van der Waals surface area (Å²) < 4.78 is 0. The van der Waals surface area contributed by atoms with E-state index >= 15 is 0 Å². The Hall–Kier alpha value is -1.13. The van der Waals surface area contributed by atoms with Crippen molar-refractivity contribution in [2.45, 2.75) is 13.8 Å². The van der Waals surface area contributed by atoms with Crippen LogP contribution in [0.25, 0.3) is 0 Å². The number of nitrogens with two attached hydrogens (primary N) is 1. The SMILES string of the molecule is CC(C)C(=O)Nc1ccc(C(N)=S)cc1Cl. The smallest absolute Gasteiger partial charge is 0.226 e.